The van der Waals surface area contributed by atoms with E-state index >= 15 is 0 Å². The van der Waals surface area contributed by atoms with Gasteiger partial charge in [-0.25, -0.2) is 0 Å². The summed E-state index contributed by atoms with van der Waals surface area (Å²) in [5.74, 6) is -1.23. The largest absolute Gasteiger partial charge is 0.468 e. The Labute approximate surface area is 164 Å². The van der Waals surface area contributed by atoms with E-state index in [1.807, 2.05) is 37.3 Å². The number of aromatic nitrogens is 1. The van der Waals surface area contributed by atoms with E-state index in [9.17, 15) is 9.59 Å². The average Bonchev–Trinajstić information content (AvgIpc) is 2.73. The summed E-state index contributed by atoms with van der Waals surface area (Å²) < 4.78 is 5.04. The Morgan fingerprint density at radius 2 is 1.82 bits per heavy atom. The molecule has 0 N–H and O–H groups in total. The molecule has 0 amide bonds. The molecule has 142 valence electrons. The number of carbonyl (C=O) groups excluding carboxylic acids is 2. The molecule has 1 aromatic carbocycles. The highest BCUT2D eigenvalue weighted by molar-refractivity contribution is 6.09. The molecule has 4 rings (SSSR count). The van der Waals surface area contributed by atoms with E-state index in [-0.39, 0.29) is 17.7 Å². The van der Waals surface area contributed by atoms with Crippen molar-refractivity contribution in [3.8, 4) is 0 Å². The van der Waals surface area contributed by atoms with Crippen molar-refractivity contribution in [3.63, 3.8) is 0 Å². The molecule has 0 saturated carbocycles. The molecule has 0 fully saturated rings. The van der Waals surface area contributed by atoms with Crippen LogP contribution >= 0.6 is 0 Å². The summed E-state index contributed by atoms with van der Waals surface area (Å²) in [6, 6.07) is 13.8. The number of hydrogen-bond acceptors (Lipinski definition) is 5. The van der Waals surface area contributed by atoms with Crippen LogP contribution in [0, 0.1) is 5.92 Å². The second kappa shape index (κ2) is 7.50. The number of esters is 1. The van der Waals surface area contributed by atoms with Crippen LogP contribution in [0.3, 0.4) is 0 Å². The van der Waals surface area contributed by atoms with E-state index in [1.54, 1.807) is 12.4 Å². The second-order valence-electron chi connectivity index (χ2n) is 7.32. The lowest BCUT2D eigenvalue weighted by molar-refractivity contribution is -0.143. The summed E-state index contributed by atoms with van der Waals surface area (Å²) in [6.45, 7) is 1.84. The Balaban J connectivity index is 1.81. The number of ketones is 1. The van der Waals surface area contributed by atoms with Crippen molar-refractivity contribution in [2.75, 3.05) is 7.11 Å². The van der Waals surface area contributed by atoms with Gasteiger partial charge in [0.15, 0.2) is 5.78 Å². The van der Waals surface area contributed by atoms with Gasteiger partial charge in [-0.1, -0.05) is 36.4 Å². The number of methoxy groups -OCH3 is 1. The number of nitrogens with zero attached hydrogens (tertiary/aromatic N) is 2. The van der Waals surface area contributed by atoms with E-state index in [4.69, 9.17) is 9.73 Å². The molecule has 3 atom stereocenters. The first-order valence-electron chi connectivity index (χ1n) is 9.44. The number of benzene rings is 1. The van der Waals surface area contributed by atoms with Gasteiger partial charge in [-0.3, -0.25) is 19.6 Å². The lowest BCUT2D eigenvalue weighted by atomic mass is 9.69. The molecule has 0 bridgehead atoms. The molecule has 0 saturated heterocycles. The highest BCUT2D eigenvalue weighted by Gasteiger charge is 2.44. The van der Waals surface area contributed by atoms with Crippen LogP contribution in [-0.2, 0) is 14.3 Å². The SMILES string of the molecule is COC(=O)C1C(C)=NC2=C(C(=O)C[C@H](c3ccccc3)C2)[C@@H]1c1cccnc1. The number of allylic oxidation sites excluding steroid dienone is 2. The minimum absolute atomic E-state index is 0.0501. The molecule has 2 heterocycles. The van der Waals surface area contributed by atoms with Gasteiger partial charge in [0.05, 0.1) is 7.11 Å². The van der Waals surface area contributed by atoms with Gasteiger partial charge in [0.25, 0.3) is 0 Å². The predicted octanol–water partition coefficient (Wildman–Crippen LogP) is 3.83. The summed E-state index contributed by atoms with van der Waals surface area (Å²) in [5.41, 5.74) is 4.09. The molecule has 1 aliphatic heterocycles. The minimum Gasteiger partial charge on any atom is -0.468 e. The van der Waals surface area contributed by atoms with Crippen molar-refractivity contribution in [1.82, 2.24) is 4.98 Å². The smallest absolute Gasteiger partial charge is 0.315 e. The number of ether oxygens (including phenoxy) is 1. The second-order valence-corrected chi connectivity index (χ2v) is 7.32. The number of carbonyl (C=O) groups is 2. The van der Waals surface area contributed by atoms with E-state index in [2.05, 4.69) is 17.1 Å². The van der Waals surface area contributed by atoms with Gasteiger partial charge in [-0.2, -0.15) is 0 Å². The molecule has 2 aromatic rings. The van der Waals surface area contributed by atoms with Crippen LogP contribution in [0.5, 0.6) is 0 Å². The van der Waals surface area contributed by atoms with Gasteiger partial charge < -0.3 is 4.74 Å². The fraction of sp³-hybridized carbons (Fsp3) is 0.304. The Kier molecular flexibility index (Phi) is 4.90. The zero-order valence-electron chi connectivity index (χ0n) is 16.0. The Bertz CT molecular complexity index is 964. The van der Waals surface area contributed by atoms with Crippen LogP contribution in [0.15, 0.2) is 71.1 Å². The van der Waals surface area contributed by atoms with Crippen molar-refractivity contribution in [1.29, 1.82) is 0 Å². The van der Waals surface area contributed by atoms with Crippen LogP contribution in [0.1, 0.15) is 42.7 Å². The van der Waals surface area contributed by atoms with Gasteiger partial charge in [0.1, 0.15) is 5.92 Å². The molecule has 1 unspecified atom stereocenters. The van der Waals surface area contributed by atoms with Crippen molar-refractivity contribution < 1.29 is 14.3 Å². The lowest BCUT2D eigenvalue weighted by Gasteiger charge is -2.36. The highest BCUT2D eigenvalue weighted by atomic mass is 16.5. The number of pyridine rings is 1. The third kappa shape index (κ3) is 3.17. The van der Waals surface area contributed by atoms with E-state index in [0.717, 1.165) is 16.8 Å². The topological polar surface area (TPSA) is 68.6 Å². The van der Waals surface area contributed by atoms with E-state index in [1.165, 1.54) is 7.11 Å². The summed E-state index contributed by atoms with van der Waals surface area (Å²) in [7, 11) is 1.37. The molecule has 0 radical (unpaired) electrons. The lowest BCUT2D eigenvalue weighted by Crippen LogP contribution is -2.37. The first kappa shape index (κ1) is 18.3. The summed E-state index contributed by atoms with van der Waals surface area (Å²) in [5, 5.41) is 0. The molecule has 1 aromatic heterocycles. The summed E-state index contributed by atoms with van der Waals surface area (Å²) in [4.78, 5) is 34.7. The normalized spacial score (nSPS) is 24.4. The zero-order valence-corrected chi connectivity index (χ0v) is 16.0. The first-order chi connectivity index (χ1) is 13.6. The van der Waals surface area contributed by atoms with E-state index in [0.29, 0.717) is 24.1 Å². The Morgan fingerprint density at radius 3 is 2.50 bits per heavy atom. The van der Waals surface area contributed by atoms with Crippen LogP contribution < -0.4 is 0 Å². The van der Waals surface area contributed by atoms with Crippen molar-refractivity contribution >= 4 is 17.5 Å². The average molecular weight is 374 g/mol. The van der Waals surface area contributed by atoms with Crippen molar-refractivity contribution in [2.24, 2.45) is 10.9 Å². The van der Waals surface area contributed by atoms with Gasteiger partial charge in [-0.15, -0.1) is 0 Å². The summed E-state index contributed by atoms with van der Waals surface area (Å²) >= 11 is 0. The van der Waals surface area contributed by atoms with Crippen molar-refractivity contribution in [2.45, 2.75) is 31.6 Å². The Morgan fingerprint density at radius 1 is 1.07 bits per heavy atom. The van der Waals surface area contributed by atoms with Gasteiger partial charge in [0.2, 0.25) is 0 Å². The highest BCUT2D eigenvalue weighted by Crippen LogP contribution is 2.46. The third-order valence-electron chi connectivity index (χ3n) is 5.66. The maximum Gasteiger partial charge on any atom is 0.315 e. The van der Waals surface area contributed by atoms with Crippen LogP contribution in [0.25, 0.3) is 0 Å². The number of rotatable bonds is 3. The molecule has 0 spiro atoms. The number of Topliss-reactive ketones (excluding diaryl/α,β-unsaturated/α-hetero) is 1. The van der Waals surface area contributed by atoms with Gasteiger partial charge in [-0.05, 0) is 36.5 Å². The molecule has 2 aliphatic rings. The fourth-order valence-corrected chi connectivity index (χ4v) is 4.37. The van der Waals surface area contributed by atoms with Crippen molar-refractivity contribution in [3.05, 3.63) is 77.3 Å². The monoisotopic (exact) mass is 374 g/mol. The quantitative estimate of drug-likeness (QED) is 0.766. The van der Waals surface area contributed by atoms with Gasteiger partial charge in [0, 0.05) is 41.7 Å². The standard InChI is InChI=1S/C23H22N2O3/c1-14-20(23(27)28-2)21(16-9-6-10-24-13-16)22-18(25-14)11-17(12-19(22)26)15-7-4-3-5-8-15/h3-10,13,17,20-21H,11-12H2,1-2H3/t17-,20?,21-/m1/s1. The predicted molar refractivity (Wildman–Crippen MR) is 106 cm³/mol. The molecule has 5 heteroatoms. The minimum atomic E-state index is -0.606. The van der Waals surface area contributed by atoms with Gasteiger partial charge >= 0.3 is 5.97 Å². The maximum atomic E-state index is 13.3. The molecular weight excluding hydrogens is 352 g/mol. The fourth-order valence-electron chi connectivity index (χ4n) is 4.37. The molecular formula is C23H22N2O3. The maximum absolute atomic E-state index is 13.3. The summed E-state index contributed by atoms with van der Waals surface area (Å²) in [6.07, 6.45) is 4.51. The van der Waals surface area contributed by atoms with Crippen LogP contribution in [0.2, 0.25) is 0 Å². The first-order valence-corrected chi connectivity index (χ1v) is 9.44. The number of aliphatic imine (C=N–C) groups is 1. The Hall–Kier alpha value is -3.08. The van der Waals surface area contributed by atoms with E-state index < -0.39 is 11.8 Å². The molecule has 28 heavy (non-hydrogen) atoms. The van der Waals surface area contributed by atoms with Crippen LogP contribution in [-0.4, -0.2) is 29.6 Å². The molecule has 5 nitrogen and oxygen atoms in total. The molecule has 1 aliphatic carbocycles. The third-order valence-corrected chi connectivity index (χ3v) is 5.66. The van der Waals surface area contributed by atoms with Crippen LogP contribution in [0.4, 0.5) is 0 Å². The number of hydrogen-bond donors (Lipinski definition) is 0. The zero-order chi connectivity index (χ0) is 19.7.